The van der Waals surface area contributed by atoms with E-state index in [0.29, 0.717) is 11.5 Å². The van der Waals surface area contributed by atoms with Crippen LogP contribution in [-0.2, 0) is 11.0 Å². The summed E-state index contributed by atoms with van der Waals surface area (Å²) < 4.78 is 14.1. The van der Waals surface area contributed by atoms with Gasteiger partial charge in [-0.3, -0.25) is 0 Å². The molecule has 0 aromatic rings. The molecule has 2 saturated heterocycles. The lowest BCUT2D eigenvalue weighted by atomic mass is 9.69. The van der Waals surface area contributed by atoms with E-state index >= 15 is 0 Å². The van der Waals surface area contributed by atoms with Gasteiger partial charge < -0.3 is 5.32 Å². The number of nitrogens with zero attached hydrogens (tertiary/aromatic N) is 1. The highest BCUT2D eigenvalue weighted by Crippen LogP contribution is 2.43. The van der Waals surface area contributed by atoms with Gasteiger partial charge >= 0.3 is 0 Å². The Morgan fingerprint density at radius 2 is 2.00 bits per heavy atom. The predicted molar refractivity (Wildman–Crippen MR) is 59.4 cm³/mol. The van der Waals surface area contributed by atoms with E-state index in [1.807, 2.05) is 20.8 Å². The van der Waals surface area contributed by atoms with Crippen LogP contribution in [0.5, 0.6) is 0 Å². The molecule has 0 amide bonds. The molecule has 4 heteroatoms. The summed E-state index contributed by atoms with van der Waals surface area (Å²) in [5.41, 5.74) is 0.445. The highest BCUT2D eigenvalue weighted by atomic mass is 32.2. The predicted octanol–water partition coefficient (Wildman–Crippen LogP) is 0.742. The van der Waals surface area contributed by atoms with Gasteiger partial charge in [0.2, 0.25) is 0 Å². The second-order valence-corrected chi connectivity index (χ2v) is 7.77. The highest BCUT2D eigenvalue weighted by Gasteiger charge is 2.56. The van der Waals surface area contributed by atoms with Crippen LogP contribution < -0.4 is 5.32 Å². The monoisotopic (exact) mass is 216 g/mol. The summed E-state index contributed by atoms with van der Waals surface area (Å²) >= 11 is 0. The van der Waals surface area contributed by atoms with Crippen molar-refractivity contribution in [1.29, 1.82) is 0 Å². The van der Waals surface area contributed by atoms with Crippen molar-refractivity contribution in [3.8, 4) is 0 Å². The van der Waals surface area contributed by atoms with Crippen LogP contribution in [-0.4, -0.2) is 38.9 Å². The molecule has 0 bridgehead atoms. The fraction of sp³-hybridized carbons (Fsp3) is 1.00. The summed E-state index contributed by atoms with van der Waals surface area (Å²) in [5.74, 6) is 0. The van der Waals surface area contributed by atoms with Crippen LogP contribution in [0, 0.1) is 5.41 Å². The molecule has 2 aliphatic heterocycles. The fourth-order valence-corrected chi connectivity index (χ4v) is 3.77. The minimum absolute atomic E-state index is 0.118. The van der Waals surface area contributed by atoms with E-state index in [1.54, 1.807) is 0 Å². The van der Waals surface area contributed by atoms with Crippen molar-refractivity contribution < 1.29 is 4.21 Å². The summed E-state index contributed by atoms with van der Waals surface area (Å²) in [6, 6.07) is 0.476. The molecule has 2 heterocycles. The van der Waals surface area contributed by atoms with Crippen molar-refractivity contribution in [2.75, 3.05) is 19.6 Å². The maximum absolute atomic E-state index is 12.1. The first kappa shape index (κ1) is 10.6. The van der Waals surface area contributed by atoms with E-state index in [4.69, 9.17) is 0 Å². The van der Waals surface area contributed by atoms with E-state index in [1.165, 1.54) is 0 Å². The topological polar surface area (TPSA) is 32.3 Å². The molecule has 1 N–H and O–H groups in total. The first-order valence-electron chi connectivity index (χ1n) is 5.26. The van der Waals surface area contributed by atoms with Crippen LogP contribution in [0.4, 0.5) is 0 Å². The van der Waals surface area contributed by atoms with Crippen molar-refractivity contribution in [1.82, 2.24) is 9.62 Å². The van der Waals surface area contributed by atoms with Gasteiger partial charge in [0.1, 0.15) is 0 Å². The summed E-state index contributed by atoms with van der Waals surface area (Å²) in [5, 5.41) is 3.31. The molecule has 0 aromatic heterocycles. The lowest BCUT2D eigenvalue weighted by Crippen LogP contribution is -2.76. The van der Waals surface area contributed by atoms with E-state index < -0.39 is 11.0 Å². The number of hydrogen-bond acceptors (Lipinski definition) is 2. The number of nitrogens with one attached hydrogen (secondary N) is 1. The molecule has 2 fully saturated rings. The van der Waals surface area contributed by atoms with Gasteiger partial charge in [-0.2, -0.15) is 0 Å². The summed E-state index contributed by atoms with van der Waals surface area (Å²) in [4.78, 5) is 0. The Balaban J connectivity index is 2.00. The Hall–Kier alpha value is 0.0700. The molecule has 0 saturated carbocycles. The van der Waals surface area contributed by atoms with Crippen molar-refractivity contribution >= 4 is 11.0 Å². The van der Waals surface area contributed by atoms with Crippen LogP contribution in [0.2, 0.25) is 0 Å². The molecular weight excluding hydrogens is 196 g/mol. The zero-order chi connectivity index (χ0) is 10.6. The highest BCUT2D eigenvalue weighted by molar-refractivity contribution is 7.84. The van der Waals surface area contributed by atoms with Gasteiger partial charge in [0.05, 0.1) is 15.7 Å². The molecule has 14 heavy (non-hydrogen) atoms. The standard InChI is InChI=1S/C10H20N2OS/c1-8-10(5-11-6-10)7-12(8)14(13)9(2,3)4/h8,11H,5-7H2,1-4H3/t8-,14+/m1/s1. The molecule has 0 aliphatic carbocycles. The molecule has 2 aliphatic rings. The van der Waals surface area contributed by atoms with Gasteiger partial charge in [0, 0.05) is 31.1 Å². The summed E-state index contributed by atoms with van der Waals surface area (Å²) in [6.07, 6.45) is 0. The lowest BCUT2D eigenvalue weighted by Gasteiger charge is -2.61. The average molecular weight is 216 g/mol. The van der Waals surface area contributed by atoms with Crippen molar-refractivity contribution in [2.45, 2.75) is 38.5 Å². The van der Waals surface area contributed by atoms with Gasteiger partial charge in [-0.25, -0.2) is 8.51 Å². The molecular formula is C10H20N2OS. The molecule has 3 nitrogen and oxygen atoms in total. The van der Waals surface area contributed by atoms with Crippen molar-refractivity contribution in [3.05, 3.63) is 0 Å². The van der Waals surface area contributed by atoms with Crippen LogP contribution in [0.25, 0.3) is 0 Å². The van der Waals surface area contributed by atoms with E-state index in [0.717, 1.165) is 19.6 Å². The Bertz CT molecular complexity index is 268. The van der Waals surface area contributed by atoms with Crippen molar-refractivity contribution in [2.24, 2.45) is 5.41 Å². The maximum Gasteiger partial charge on any atom is 0.1000 e. The Morgan fingerprint density at radius 1 is 1.43 bits per heavy atom. The number of hydrogen-bond donors (Lipinski definition) is 1. The third kappa shape index (κ3) is 1.35. The molecule has 0 unspecified atom stereocenters. The van der Waals surface area contributed by atoms with E-state index in [9.17, 15) is 4.21 Å². The zero-order valence-electron chi connectivity index (χ0n) is 9.46. The third-order valence-electron chi connectivity index (χ3n) is 3.48. The van der Waals surface area contributed by atoms with Gasteiger partial charge in [0.15, 0.2) is 0 Å². The quantitative estimate of drug-likeness (QED) is 0.701. The van der Waals surface area contributed by atoms with E-state index in [2.05, 4.69) is 16.5 Å². The average Bonchev–Trinajstić information content (AvgIpc) is 1.97. The van der Waals surface area contributed by atoms with Crippen LogP contribution in [0.15, 0.2) is 0 Å². The first-order chi connectivity index (χ1) is 6.37. The second-order valence-electron chi connectivity index (χ2n) is 5.58. The summed E-state index contributed by atoms with van der Waals surface area (Å²) in [7, 11) is -0.834. The van der Waals surface area contributed by atoms with E-state index in [-0.39, 0.29) is 4.75 Å². The minimum Gasteiger partial charge on any atom is -0.315 e. The zero-order valence-corrected chi connectivity index (χ0v) is 10.3. The minimum atomic E-state index is -0.834. The van der Waals surface area contributed by atoms with Crippen LogP contribution in [0.1, 0.15) is 27.7 Å². The molecule has 82 valence electrons. The Morgan fingerprint density at radius 3 is 2.29 bits per heavy atom. The lowest BCUT2D eigenvalue weighted by molar-refractivity contribution is -0.0414. The normalized spacial score (nSPS) is 33.6. The van der Waals surface area contributed by atoms with Crippen LogP contribution in [0.3, 0.4) is 0 Å². The molecule has 0 radical (unpaired) electrons. The molecule has 2 atom stereocenters. The number of rotatable bonds is 1. The van der Waals surface area contributed by atoms with Gasteiger partial charge in [-0.05, 0) is 27.7 Å². The third-order valence-corrected chi connectivity index (χ3v) is 5.40. The van der Waals surface area contributed by atoms with Crippen LogP contribution >= 0.6 is 0 Å². The van der Waals surface area contributed by atoms with Gasteiger partial charge in [0.25, 0.3) is 0 Å². The molecule has 0 aromatic carbocycles. The molecule has 2 rings (SSSR count). The first-order valence-corrected chi connectivity index (χ1v) is 6.37. The molecule has 1 spiro atoms. The summed E-state index contributed by atoms with van der Waals surface area (Å²) in [6.45, 7) is 11.5. The fourth-order valence-electron chi connectivity index (χ4n) is 2.18. The second kappa shape index (κ2) is 3.03. The van der Waals surface area contributed by atoms with Gasteiger partial charge in [-0.15, -0.1) is 0 Å². The smallest absolute Gasteiger partial charge is 0.1000 e. The SMILES string of the molecule is C[C@H]1N([S@@](=O)C(C)(C)C)CC12CNC2. The Kier molecular flexibility index (Phi) is 2.29. The van der Waals surface area contributed by atoms with Gasteiger partial charge in [-0.1, -0.05) is 0 Å². The maximum atomic E-state index is 12.1. The largest absolute Gasteiger partial charge is 0.315 e. The van der Waals surface area contributed by atoms with Crippen molar-refractivity contribution in [3.63, 3.8) is 0 Å². The Labute approximate surface area is 88.8 Å².